The number of aliphatic hydroxyl groups excluding tert-OH is 2. The van der Waals surface area contributed by atoms with Crippen molar-refractivity contribution < 1.29 is 19.7 Å². The fourth-order valence-electron chi connectivity index (χ4n) is 1.35. The maximum absolute atomic E-state index is 9.17. The van der Waals surface area contributed by atoms with E-state index in [4.69, 9.17) is 19.7 Å². The number of ether oxygens (including phenoxy) is 2. The van der Waals surface area contributed by atoms with Crippen molar-refractivity contribution in [2.75, 3.05) is 13.2 Å². The van der Waals surface area contributed by atoms with Crippen molar-refractivity contribution in [3.05, 3.63) is 0 Å². The molecule has 10 heavy (non-hydrogen) atoms. The average Bonchev–Trinajstić information content (AvgIpc) is 1.82. The lowest BCUT2D eigenvalue weighted by Crippen LogP contribution is -2.58. The Balaban J connectivity index is 2.01. The van der Waals surface area contributed by atoms with Crippen molar-refractivity contribution in [2.45, 2.75) is 18.5 Å². The molecule has 0 saturated carbocycles. The van der Waals surface area contributed by atoms with Crippen LogP contribution in [0.3, 0.4) is 0 Å². The van der Waals surface area contributed by atoms with E-state index in [1.807, 2.05) is 0 Å². The van der Waals surface area contributed by atoms with Gasteiger partial charge in [0.25, 0.3) is 0 Å². The number of rotatable bonds is 0. The molecule has 4 unspecified atom stereocenters. The fourth-order valence-corrected chi connectivity index (χ4v) is 1.35. The van der Waals surface area contributed by atoms with E-state index in [0.717, 1.165) is 0 Å². The first-order valence-corrected chi connectivity index (χ1v) is 3.38. The first-order chi connectivity index (χ1) is 4.79. The molecule has 2 aliphatic rings. The topological polar surface area (TPSA) is 58.9 Å². The summed E-state index contributed by atoms with van der Waals surface area (Å²) in [5, 5.41) is 18.1. The van der Waals surface area contributed by atoms with Gasteiger partial charge in [-0.25, -0.2) is 0 Å². The highest BCUT2D eigenvalue weighted by molar-refractivity contribution is 4.89. The standard InChI is InChI=1S/C6H10O4/c7-4-5-3(1-9-5)2-10-6(4)8/h3-8H,1-2H2. The summed E-state index contributed by atoms with van der Waals surface area (Å²) in [6.45, 7) is 1.15. The van der Waals surface area contributed by atoms with Crippen LogP contribution in [-0.2, 0) is 9.47 Å². The van der Waals surface area contributed by atoms with Crippen molar-refractivity contribution in [2.24, 2.45) is 5.92 Å². The van der Waals surface area contributed by atoms with Crippen LogP contribution >= 0.6 is 0 Å². The van der Waals surface area contributed by atoms with Crippen LogP contribution in [-0.4, -0.2) is 41.9 Å². The molecule has 4 atom stereocenters. The Kier molecular flexibility index (Phi) is 1.42. The molecule has 2 fully saturated rings. The van der Waals surface area contributed by atoms with Gasteiger partial charge >= 0.3 is 0 Å². The molecule has 0 spiro atoms. The Morgan fingerprint density at radius 3 is 2.30 bits per heavy atom. The van der Waals surface area contributed by atoms with E-state index >= 15 is 0 Å². The first kappa shape index (κ1) is 6.54. The highest BCUT2D eigenvalue weighted by atomic mass is 16.6. The summed E-state index contributed by atoms with van der Waals surface area (Å²) in [4.78, 5) is 0. The molecule has 2 aliphatic heterocycles. The molecular weight excluding hydrogens is 136 g/mol. The average molecular weight is 146 g/mol. The number of aliphatic hydroxyl groups is 2. The molecule has 2 saturated heterocycles. The van der Waals surface area contributed by atoms with E-state index in [9.17, 15) is 0 Å². The Morgan fingerprint density at radius 2 is 1.80 bits per heavy atom. The van der Waals surface area contributed by atoms with Crippen LogP contribution in [0.15, 0.2) is 0 Å². The van der Waals surface area contributed by atoms with Crippen LogP contribution in [0.25, 0.3) is 0 Å². The van der Waals surface area contributed by atoms with Gasteiger partial charge < -0.3 is 19.7 Å². The summed E-state index contributed by atoms with van der Waals surface area (Å²) >= 11 is 0. The van der Waals surface area contributed by atoms with Crippen molar-refractivity contribution in [1.29, 1.82) is 0 Å². The summed E-state index contributed by atoms with van der Waals surface area (Å²) in [7, 11) is 0. The molecule has 0 aromatic heterocycles. The Morgan fingerprint density at radius 1 is 1.10 bits per heavy atom. The summed E-state index contributed by atoms with van der Waals surface area (Å²) in [5.41, 5.74) is 0. The highest BCUT2D eigenvalue weighted by Crippen LogP contribution is 2.29. The Hall–Kier alpha value is -0.160. The summed E-state index contributed by atoms with van der Waals surface area (Å²) in [6, 6.07) is 0. The molecule has 0 aliphatic carbocycles. The summed E-state index contributed by atoms with van der Waals surface area (Å²) in [5.74, 6) is 0.290. The van der Waals surface area contributed by atoms with Crippen molar-refractivity contribution in [3.8, 4) is 0 Å². The molecule has 2 heterocycles. The second-order valence-electron chi connectivity index (χ2n) is 2.77. The first-order valence-electron chi connectivity index (χ1n) is 3.38. The quantitative estimate of drug-likeness (QED) is 0.446. The highest BCUT2D eigenvalue weighted by Gasteiger charge is 2.45. The molecule has 0 aromatic rings. The van der Waals surface area contributed by atoms with E-state index in [2.05, 4.69) is 0 Å². The largest absolute Gasteiger partial charge is 0.385 e. The summed E-state index contributed by atoms with van der Waals surface area (Å²) in [6.07, 6.45) is -2.10. The lowest BCUT2D eigenvalue weighted by atomic mass is 9.91. The monoisotopic (exact) mass is 146 g/mol. The van der Waals surface area contributed by atoms with Crippen LogP contribution in [0, 0.1) is 5.92 Å². The molecule has 4 nitrogen and oxygen atoms in total. The molecule has 4 heteroatoms. The predicted molar refractivity (Wildman–Crippen MR) is 31.2 cm³/mol. The number of fused-ring (bicyclic) bond motifs is 1. The van der Waals surface area contributed by atoms with E-state index in [-0.39, 0.29) is 6.10 Å². The molecule has 2 N–H and O–H groups in total. The minimum atomic E-state index is -1.05. The van der Waals surface area contributed by atoms with Gasteiger partial charge in [0, 0.05) is 5.92 Å². The van der Waals surface area contributed by atoms with E-state index in [0.29, 0.717) is 19.1 Å². The zero-order valence-corrected chi connectivity index (χ0v) is 5.43. The lowest BCUT2D eigenvalue weighted by Gasteiger charge is -2.44. The van der Waals surface area contributed by atoms with Gasteiger partial charge in [-0.05, 0) is 0 Å². The fraction of sp³-hybridized carbons (Fsp3) is 1.00. The molecule has 0 amide bonds. The van der Waals surface area contributed by atoms with Gasteiger partial charge in [-0.15, -0.1) is 0 Å². The Bertz CT molecular complexity index is 132. The van der Waals surface area contributed by atoms with E-state index in [1.165, 1.54) is 0 Å². The van der Waals surface area contributed by atoms with Gasteiger partial charge in [-0.1, -0.05) is 0 Å². The summed E-state index contributed by atoms with van der Waals surface area (Å²) < 4.78 is 9.88. The van der Waals surface area contributed by atoms with Crippen LogP contribution < -0.4 is 0 Å². The Labute approximate surface area is 58.4 Å². The molecule has 2 rings (SSSR count). The minimum absolute atomic E-state index is 0.191. The van der Waals surface area contributed by atoms with Crippen LogP contribution in [0.2, 0.25) is 0 Å². The zero-order chi connectivity index (χ0) is 7.14. The zero-order valence-electron chi connectivity index (χ0n) is 5.43. The van der Waals surface area contributed by atoms with Gasteiger partial charge in [-0.2, -0.15) is 0 Å². The molecular formula is C6H10O4. The van der Waals surface area contributed by atoms with Crippen LogP contribution in [0.1, 0.15) is 0 Å². The molecule has 0 aromatic carbocycles. The smallest absolute Gasteiger partial charge is 0.183 e. The van der Waals surface area contributed by atoms with Gasteiger partial charge in [0.15, 0.2) is 6.29 Å². The SMILES string of the molecule is OC1OCC2COC2C1O. The second kappa shape index (κ2) is 2.17. The van der Waals surface area contributed by atoms with Crippen molar-refractivity contribution >= 4 is 0 Å². The maximum Gasteiger partial charge on any atom is 0.183 e. The van der Waals surface area contributed by atoms with Gasteiger partial charge in [-0.3, -0.25) is 0 Å². The third kappa shape index (κ3) is 0.769. The number of hydrogen-bond donors (Lipinski definition) is 2. The predicted octanol–water partition coefficient (Wildman–Crippen LogP) is -1.29. The molecule has 0 bridgehead atoms. The van der Waals surface area contributed by atoms with Crippen molar-refractivity contribution in [1.82, 2.24) is 0 Å². The third-order valence-corrected chi connectivity index (χ3v) is 2.08. The normalized spacial score (nSPS) is 53.4. The van der Waals surface area contributed by atoms with Gasteiger partial charge in [0.2, 0.25) is 0 Å². The third-order valence-electron chi connectivity index (χ3n) is 2.08. The van der Waals surface area contributed by atoms with Gasteiger partial charge in [0.1, 0.15) is 6.10 Å². The van der Waals surface area contributed by atoms with Crippen LogP contribution in [0.5, 0.6) is 0 Å². The molecule has 0 radical (unpaired) electrons. The lowest BCUT2D eigenvalue weighted by molar-refractivity contribution is -0.297. The minimum Gasteiger partial charge on any atom is -0.385 e. The van der Waals surface area contributed by atoms with Crippen molar-refractivity contribution in [3.63, 3.8) is 0 Å². The number of hydrogen-bond acceptors (Lipinski definition) is 4. The van der Waals surface area contributed by atoms with E-state index < -0.39 is 12.4 Å². The van der Waals surface area contributed by atoms with E-state index in [1.54, 1.807) is 0 Å². The van der Waals surface area contributed by atoms with Crippen LogP contribution in [0.4, 0.5) is 0 Å². The second-order valence-corrected chi connectivity index (χ2v) is 2.77. The van der Waals surface area contributed by atoms with Gasteiger partial charge in [0.05, 0.1) is 19.3 Å². The maximum atomic E-state index is 9.17. The molecule has 58 valence electrons.